The van der Waals surface area contributed by atoms with Crippen LogP contribution in [0.5, 0.6) is 5.75 Å². The van der Waals surface area contributed by atoms with E-state index >= 15 is 0 Å². The number of benzene rings is 2. The lowest BCUT2D eigenvalue weighted by Gasteiger charge is -2.25. The maximum absolute atomic E-state index is 12.2. The van der Waals surface area contributed by atoms with E-state index in [1.54, 1.807) is 12.1 Å². The highest BCUT2D eigenvalue weighted by molar-refractivity contribution is 5.66. The third-order valence-electron chi connectivity index (χ3n) is 4.74. The number of rotatable bonds is 5. The second kappa shape index (κ2) is 7.34. The van der Waals surface area contributed by atoms with E-state index in [4.69, 9.17) is 0 Å². The fourth-order valence-electron chi connectivity index (χ4n) is 3.46. The molecule has 0 spiro atoms. The normalized spacial score (nSPS) is 17.0. The van der Waals surface area contributed by atoms with E-state index in [1.807, 2.05) is 12.1 Å². The van der Waals surface area contributed by atoms with Gasteiger partial charge in [-0.05, 0) is 72.4 Å². The summed E-state index contributed by atoms with van der Waals surface area (Å²) in [6.45, 7) is 3.79. The van der Waals surface area contributed by atoms with Gasteiger partial charge in [0.05, 0.1) is 0 Å². The molecule has 1 atom stereocenters. The molecule has 132 valence electrons. The van der Waals surface area contributed by atoms with E-state index in [-0.39, 0.29) is 5.75 Å². The second-order valence-electron chi connectivity index (χ2n) is 6.53. The lowest BCUT2D eigenvalue weighted by Crippen LogP contribution is -2.16. The summed E-state index contributed by atoms with van der Waals surface area (Å²) in [7, 11) is 0. The average Bonchev–Trinajstić information content (AvgIpc) is 2.58. The van der Waals surface area contributed by atoms with Gasteiger partial charge in [0.1, 0.15) is 5.75 Å². The number of ether oxygens (including phenoxy) is 1. The molecule has 0 N–H and O–H groups in total. The molecule has 1 unspecified atom stereocenters. The van der Waals surface area contributed by atoms with Crippen molar-refractivity contribution in [2.75, 3.05) is 0 Å². The van der Waals surface area contributed by atoms with Crippen LogP contribution < -0.4 is 4.74 Å². The highest BCUT2D eigenvalue weighted by Crippen LogP contribution is 2.32. The Hall–Kier alpha value is -2.23. The predicted octanol–water partition coefficient (Wildman–Crippen LogP) is 6.32. The van der Waals surface area contributed by atoms with Crippen LogP contribution in [0.4, 0.5) is 13.2 Å². The maximum Gasteiger partial charge on any atom is 0.573 e. The van der Waals surface area contributed by atoms with Gasteiger partial charge in [0.25, 0.3) is 0 Å². The zero-order chi connectivity index (χ0) is 17.9. The molecule has 25 heavy (non-hydrogen) atoms. The van der Waals surface area contributed by atoms with Gasteiger partial charge in [0, 0.05) is 0 Å². The quantitative estimate of drug-likeness (QED) is 0.575. The highest BCUT2D eigenvalue weighted by Gasteiger charge is 2.31. The summed E-state index contributed by atoms with van der Waals surface area (Å²) in [5.74, 6) is 0.523. The van der Waals surface area contributed by atoms with Crippen LogP contribution in [0.25, 0.3) is 11.1 Å². The van der Waals surface area contributed by atoms with Crippen LogP contribution in [-0.4, -0.2) is 6.36 Å². The summed E-state index contributed by atoms with van der Waals surface area (Å²) < 4.78 is 40.6. The Kier molecular flexibility index (Phi) is 5.16. The molecule has 0 radical (unpaired) electrons. The third-order valence-corrected chi connectivity index (χ3v) is 4.74. The lowest BCUT2D eigenvalue weighted by atomic mass is 9.80. The number of fused-ring (bicyclic) bond motifs is 1. The Balaban J connectivity index is 1.73. The minimum absolute atomic E-state index is 0.195. The van der Waals surface area contributed by atoms with Crippen LogP contribution in [0, 0.1) is 5.92 Å². The van der Waals surface area contributed by atoms with Gasteiger partial charge >= 0.3 is 6.36 Å². The Morgan fingerprint density at radius 2 is 1.76 bits per heavy atom. The molecule has 0 fully saturated rings. The van der Waals surface area contributed by atoms with Crippen molar-refractivity contribution in [1.29, 1.82) is 0 Å². The number of aryl methyl sites for hydroxylation is 1. The van der Waals surface area contributed by atoms with Crippen molar-refractivity contribution in [3.63, 3.8) is 0 Å². The average molecular weight is 346 g/mol. The van der Waals surface area contributed by atoms with Gasteiger partial charge in [-0.3, -0.25) is 0 Å². The topological polar surface area (TPSA) is 9.23 Å². The summed E-state index contributed by atoms with van der Waals surface area (Å²) in [6.07, 6.45) is 2.90. The van der Waals surface area contributed by atoms with E-state index in [0.29, 0.717) is 0 Å². The zero-order valence-corrected chi connectivity index (χ0v) is 14.0. The molecular formula is C21H21F3O. The smallest absolute Gasteiger partial charge is 0.406 e. The number of hydrogen-bond donors (Lipinski definition) is 0. The fourth-order valence-corrected chi connectivity index (χ4v) is 3.46. The molecular weight excluding hydrogens is 325 g/mol. The first kappa shape index (κ1) is 17.6. The minimum atomic E-state index is -4.66. The molecule has 1 aliphatic carbocycles. The van der Waals surface area contributed by atoms with Crippen LogP contribution in [0.15, 0.2) is 55.1 Å². The Labute approximate surface area is 146 Å². The lowest BCUT2D eigenvalue weighted by molar-refractivity contribution is -0.274. The first-order valence-corrected chi connectivity index (χ1v) is 8.53. The van der Waals surface area contributed by atoms with Gasteiger partial charge in [-0.1, -0.05) is 36.4 Å². The van der Waals surface area contributed by atoms with Crippen LogP contribution in [0.1, 0.15) is 30.4 Å². The SMILES string of the molecule is C=CCCC1CCc2cc(-c3ccc(OC(F)(F)F)cc3)ccc2C1. The predicted molar refractivity (Wildman–Crippen MR) is 93.5 cm³/mol. The summed E-state index contributed by atoms with van der Waals surface area (Å²) >= 11 is 0. The number of hydrogen-bond acceptors (Lipinski definition) is 1. The largest absolute Gasteiger partial charge is 0.573 e. The van der Waals surface area contributed by atoms with Crippen molar-refractivity contribution < 1.29 is 17.9 Å². The van der Waals surface area contributed by atoms with Crippen LogP contribution in [0.3, 0.4) is 0 Å². The molecule has 1 nitrogen and oxygen atoms in total. The molecule has 0 saturated carbocycles. The van der Waals surface area contributed by atoms with E-state index in [1.165, 1.54) is 36.1 Å². The molecule has 0 aliphatic heterocycles. The number of halogens is 3. The van der Waals surface area contributed by atoms with Gasteiger partial charge in [-0.2, -0.15) is 0 Å². The molecule has 2 aromatic rings. The van der Waals surface area contributed by atoms with Crippen LogP contribution in [0.2, 0.25) is 0 Å². The van der Waals surface area contributed by atoms with Crippen molar-refractivity contribution in [3.05, 3.63) is 66.2 Å². The maximum atomic E-state index is 12.2. The highest BCUT2D eigenvalue weighted by atomic mass is 19.4. The Bertz CT molecular complexity index is 732. The molecule has 0 aromatic heterocycles. The zero-order valence-electron chi connectivity index (χ0n) is 14.0. The Morgan fingerprint density at radius 1 is 1.04 bits per heavy atom. The molecule has 0 amide bonds. The van der Waals surface area contributed by atoms with E-state index in [2.05, 4.69) is 23.4 Å². The monoisotopic (exact) mass is 346 g/mol. The first-order valence-electron chi connectivity index (χ1n) is 8.53. The fraction of sp³-hybridized carbons (Fsp3) is 0.333. The van der Waals surface area contributed by atoms with E-state index < -0.39 is 6.36 Å². The summed E-state index contributed by atoms with van der Waals surface area (Å²) in [5.41, 5.74) is 4.66. The van der Waals surface area contributed by atoms with Crippen molar-refractivity contribution in [2.45, 2.75) is 38.5 Å². The molecule has 3 rings (SSSR count). The van der Waals surface area contributed by atoms with Gasteiger partial charge < -0.3 is 4.74 Å². The molecule has 4 heteroatoms. The van der Waals surface area contributed by atoms with E-state index in [9.17, 15) is 13.2 Å². The van der Waals surface area contributed by atoms with Gasteiger partial charge in [0.2, 0.25) is 0 Å². The summed E-state index contributed by atoms with van der Waals surface area (Å²) in [5, 5.41) is 0. The number of alkyl halides is 3. The Morgan fingerprint density at radius 3 is 2.44 bits per heavy atom. The van der Waals surface area contributed by atoms with Crippen molar-refractivity contribution >= 4 is 0 Å². The summed E-state index contributed by atoms with van der Waals surface area (Å²) in [4.78, 5) is 0. The standard InChI is InChI=1S/C21H21F3O/c1-2-3-4-15-5-6-19-14-18(8-7-17(19)13-15)16-9-11-20(12-10-16)25-21(22,23)24/h2,7-12,14-15H,1,3-6,13H2. The van der Waals surface area contributed by atoms with Crippen LogP contribution in [-0.2, 0) is 12.8 Å². The molecule has 0 bridgehead atoms. The molecule has 2 aromatic carbocycles. The minimum Gasteiger partial charge on any atom is -0.406 e. The van der Waals surface area contributed by atoms with Crippen molar-refractivity contribution in [3.8, 4) is 16.9 Å². The van der Waals surface area contributed by atoms with Gasteiger partial charge in [-0.15, -0.1) is 19.8 Å². The first-order chi connectivity index (χ1) is 11.9. The van der Waals surface area contributed by atoms with Crippen molar-refractivity contribution in [2.24, 2.45) is 5.92 Å². The van der Waals surface area contributed by atoms with Gasteiger partial charge in [0.15, 0.2) is 0 Å². The van der Waals surface area contributed by atoms with Crippen molar-refractivity contribution in [1.82, 2.24) is 0 Å². The van der Waals surface area contributed by atoms with Crippen LogP contribution >= 0.6 is 0 Å². The third kappa shape index (κ3) is 4.65. The second-order valence-corrected chi connectivity index (χ2v) is 6.53. The van der Waals surface area contributed by atoms with E-state index in [0.717, 1.165) is 36.3 Å². The summed E-state index contributed by atoms with van der Waals surface area (Å²) in [6, 6.07) is 12.4. The molecule has 0 heterocycles. The molecule has 0 saturated heterocycles. The van der Waals surface area contributed by atoms with Gasteiger partial charge in [-0.25, -0.2) is 0 Å². The molecule has 1 aliphatic rings. The number of allylic oxidation sites excluding steroid dienone is 1.